The largest absolute Gasteiger partial charge is 0.489 e. The fraction of sp³-hybridized carbons (Fsp3) is 0.487. The molecular formula is C39H49F2NO5. The number of amides is 1. The summed E-state index contributed by atoms with van der Waals surface area (Å²) < 4.78 is 47.4. The van der Waals surface area contributed by atoms with Gasteiger partial charge in [0.05, 0.1) is 12.5 Å². The number of aryl methyl sites for hydroxylation is 1. The summed E-state index contributed by atoms with van der Waals surface area (Å²) in [6, 6.07) is 16.9. The van der Waals surface area contributed by atoms with Crippen LogP contribution >= 0.6 is 0 Å². The fourth-order valence-electron chi connectivity index (χ4n) is 5.99. The Balaban J connectivity index is 1.61. The van der Waals surface area contributed by atoms with Crippen molar-refractivity contribution in [1.29, 1.82) is 0 Å². The lowest BCUT2D eigenvalue weighted by Gasteiger charge is -2.23. The third-order valence-electron chi connectivity index (χ3n) is 8.05. The molecule has 0 aliphatic heterocycles. The molecule has 8 heteroatoms. The van der Waals surface area contributed by atoms with Crippen molar-refractivity contribution in [3.8, 4) is 16.9 Å². The summed E-state index contributed by atoms with van der Waals surface area (Å²) >= 11 is 0. The summed E-state index contributed by atoms with van der Waals surface area (Å²) in [5, 5.41) is 2.47. The quantitative estimate of drug-likeness (QED) is 0.198. The van der Waals surface area contributed by atoms with Gasteiger partial charge in [-0.25, -0.2) is 13.6 Å². The number of hydrogen-bond donors (Lipinski definition) is 1. The molecule has 4 rings (SSSR count). The highest BCUT2D eigenvalue weighted by Crippen LogP contribution is 2.33. The first-order chi connectivity index (χ1) is 22.2. The van der Waals surface area contributed by atoms with Gasteiger partial charge in [-0.3, -0.25) is 4.79 Å². The molecular weight excluding hydrogens is 600 g/mol. The summed E-state index contributed by atoms with van der Waals surface area (Å²) in [6.07, 6.45) is 6.14. The van der Waals surface area contributed by atoms with Gasteiger partial charge in [-0.15, -0.1) is 0 Å². The van der Waals surface area contributed by atoms with E-state index in [9.17, 15) is 14.0 Å². The van der Waals surface area contributed by atoms with Crippen LogP contribution in [0, 0.1) is 11.7 Å². The average Bonchev–Trinajstić information content (AvgIpc) is 3.51. The third-order valence-corrected chi connectivity index (χ3v) is 8.05. The monoisotopic (exact) mass is 649 g/mol. The molecule has 6 nitrogen and oxygen atoms in total. The van der Waals surface area contributed by atoms with Gasteiger partial charge >= 0.3 is 12.1 Å². The van der Waals surface area contributed by atoms with Gasteiger partial charge in [0.2, 0.25) is 0 Å². The SMILES string of the molecule is CC(C)(C)OC(=O)Cc1ccccc1OCc1cc(CCC2CCCC2)cc(-c2cccc(C(CF)NC(=O)OC(C)(C)C)c2F)c1. The van der Waals surface area contributed by atoms with E-state index >= 15 is 4.39 Å². The number of halogens is 2. The van der Waals surface area contributed by atoms with E-state index in [0.717, 1.165) is 24.0 Å². The first kappa shape index (κ1) is 35.9. The van der Waals surface area contributed by atoms with E-state index in [0.29, 0.717) is 28.4 Å². The molecule has 47 heavy (non-hydrogen) atoms. The van der Waals surface area contributed by atoms with Crippen LogP contribution in [0.15, 0.2) is 60.7 Å². The van der Waals surface area contributed by atoms with Gasteiger partial charge in [0.15, 0.2) is 0 Å². The van der Waals surface area contributed by atoms with E-state index < -0.39 is 35.8 Å². The molecule has 1 aliphatic rings. The van der Waals surface area contributed by atoms with E-state index in [2.05, 4.69) is 11.4 Å². The summed E-state index contributed by atoms with van der Waals surface area (Å²) in [5.41, 5.74) is 2.24. The number of ether oxygens (including phenoxy) is 3. The highest BCUT2D eigenvalue weighted by molar-refractivity contribution is 5.74. The lowest BCUT2D eigenvalue weighted by molar-refractivity contribution is -0.153. The Morgan fingerprint density at radius 1 is 0.894 bits per heavy atom. The zero-order valence-electron chi connectivity index (χ0n) is 28.6. The molecule has 3 aromatic rings. The Morgan fingerprint density at radius 3 is 2.26 bits per heavy atom. The van der Waals surface area contributed by atoms with Crippen LogP contribution in [0.3, 0.4) is 0 Å². The van der Waals surface area contributed by atoms with Gasteiger partial charge in [-0.05, 0) is 89.1 Å². The molecule has 0 saturated heterocycles. The number of para-hydroxylation sites is 1. The van der Waals surface area contributed by atoms with Crippen LogP contribution in [0.2, 0.25) is 0 Å². The Hall–Kier alpha value is -3.94. The number of nitrogens with one attached hydrogen (secondary N) is 1. The van der Waals surface area contributed by atoms with Gasteiger partial charge in [0.1, 0.15) is 36.1 Å². The number of carbonyl (C=O) groups is 2. The van der Waals surface area contributed by atoms with Crippen molar-refractivity contribution in [2.75, 3.05) is 6.67 Å². The summed E-state index contributed by atoms with van der Waals surface area (Å²) in [6.45, 7) is 9.82. The van der Waals surface area contributed by atoms with Crippen LogP contribution in [0.4, 0.5) is 13.6 Å². The van der Waals surface area contributed by atoms with E-state index in [-0.39, 0.29) is 24.6 Å². The molecule has 1 unspecified atom stereocenters. The first-order valence-corrected chi connectivity index (χ1v) is 16.6. The van der Waals surface area contributed by atoms with Crippen molar-refractivity contribution < 1.29 is 32.6 Å². The second-order valence-corrected chi connectivity index (χ2v) is 14.4. The standard InChI is InChI=1S/C39H49F2NO5/c1-38(2,3)46-35(43)23-29-14-9-10-17-34(29)45-25-28-20-27(19-18-26-12-7-8-13-26)21-30(22-28)31-15-11-16-32(36(31)41)33(24-40)42-37(44)47-39(4,5)6/h9-11,14-17,20-22,26,33H,7-8,12-13,18-19,23-25H2,1-6H3,(H,42,44). The highest BCUT2D eigenvalue weighted by Gasteiger charge is 2.25. The Bertz CT molecular complexity index is 1520. The van der Waals surface area contributed by atoms with Gasteiger partial charge in [0.25, 0.3) is 0 Å². The molecule has 1 atom stereocenters. The van der Waals surface area contributed by atoms with E-state index in [1.54, 1.807) is 32.9 Å². The Morgan fingerprint density at radius 2 is 1.57 bits per heavy atom. The normalized spacial score (nSPS) is 14.5. The van der Waals surface area contributed by atoms with Crippen molar-refractivity contribution >= 4 is 12.1 Å². The molecule has 0 aromatic heterocycles. The van der Waals surface area contributed by atoms with Crippen LogP contribution in [0.5, 0.6) is 5.75 Å². The van der Waals surface area contributed by atoms with E-state index in [1.165, 1.54) is 31.7 Å². The van der Waals surface area contributed by atoms with Crippen LogP contribution in [-0.4, -0.2) is 29.9 Å². The minimum atomic E-state index is -1.21. The molecule has 1 saturated carbocycles. The van der Waals surface area contributed by atoms with Crippen molar-refractivity contribution in [1.82, 2.24) is 5.32 Å². The zero-order chi connectivity index (χ0) is 34.2. The van der Waals surface area contributed by atoms with Gasteiger partial charge in [-0.1, -0.05) is 74.2 Å². The topological polar surface area (TPSA) is 73.9 Å². The molecule has 1 fully saturated rings. The van der Waals surface area contributed by atoms with Crippen molar-refractivity contribution in [3.05, 3.63) is 88.7 Å². The predicted octanol–water partition coefficient (Wildman–Crippen LogP) is 9.61. The number of carbonyl (C=O) groups excluding carboxylic acids is 2. The van der Waals surface area contributed by atoms with Crippen LogP contribution in [-0.2, 0) is 33.7 Å². The van der Waals surface area contributed by atoms with Gasteiger partial charge in [-0.2, -0.15) is 0 Å². The molecule has 1 N–H and O–H groups in total. The first-order valence-electron chi connectivity index (χ1n) is 16.6. The number of benzene rings is 3. The molecule has 254 valence electrons. The number of esters is 1. The maximum absolute atomic E-state index is 16.2. The zero-order valence-corrected chi connectivity index (χ0v) is 28.6. The average molecular weight is 650 g/mol. The molecule has 1 aliphatic carbocycles. The summed E-state index contributed by atoms with van der Waals surface area (Å²) in [7, 11) is 0. The predicted molar refractivity (Wildman–Crippen MR) is 181 cm³/mol. The minimum absolute atomic E-state index is 0.0427. The molecule has 0 radical (unpaired) electrons. The van der Waals surface area contributed by atoms with Crippen LogP contribution in [0.1, 0.15) is 102 Å². The summed E-state index contributed by atoms with van der Waals surface area (Å²) in [5.74, 6) is 0.312. The van der Waals surface area contributed by atoms with E-state index in [4.69, 9.17) is 14.2 Å². The Kier molecular flexibility index (Phi) is 12.0. The molecule has 3 aromatic carbocycles. The van der Waals surface area contributed by atoms with Crippen LogP contribution < -0.4 is 10.1 Å². The third kappa shape index (κ3) is 11.1. The number of alkyl carbamates (subject to hydrolysis) is 1. The Labute approximate surface area is 278 Å². The highest BCUT2D eigenvalue weighted by atomic mass is 19.1. The van der Waals surface area contributed by atoms with Crippen LogP contribution in [0.25, 0.3) is 11.1 Å². The maximum atomic E-state index is 16.2. The lowest BCUT2D eigenvalue weighted by Crippen LogP contribution is -2.36. The second kappa shape index (κ2) is 15.8. The maximum Gasteiger partial charge on any atom is 0.408 e. The second-order valence-electron chi connectivity index (χ2n) is 14.4. The van der Waals surface area contributed by atoms with Crippen molar-refractivity contribution in [2.24, 2.45) is 5.92 Å². The van der Waals surface area contributed by atoms with Crippen molar-refractivity contribution in [3.63, 3.8) is 0 Å². The number of alkyl halides is 1. The fourth-order valence-corrected chi connectivity index (χ4v) is 5.99. The smallest absolute Gasteiger partial charge is 0.408 e. The summed E-state index contributed by atoms with van der Waals surface area (Å²) in [4.78, 5) is 25.0. The van der Waals surface area contributed by atoms with Crippen molar-refractivity contribution in [2.45, 2.75) is 110 Å². The number of hydrogen-bond acceptors (Lipinski definition) is 5. The van der Waals surface area contributed by atoms with E-state index in [1.807, 2.05) is 57.2 Å². The van der Waals surface area contributed by atoms with Gasteiger partial charge in [0, 0.05) is 16.7 Å². The molecule has 0 heterocycles. The molecule has 1 amide bonds. The molecule has 0 bridgehead atoms. The molecule has 0 spiro atoms. The lowest BCUT2D eigenvalue weighted by atomic mass is 9.92. The van der Waals surface area contributed by atoms with Gasteiger partial charge < -0.3 is 19.5 Å². The minimum Gasteiger partial charge on any atom is -0.489 e. The number of rotatable bonds is 12.